The summed E-state index contributed by atoms with van der Waals surface area (Å²) in [4.78, 5) is 13.3. The molecular formula is C15H18N2OS. The van der Waals surface area contributed by atoms with E-state index in [0.29, 0.717) is 6.42 Å². The number of amides is 1. The van der Waals surface area contributed by atoms with Crippen LogP contribution in [0.15, 0.2) is 41.8 Å². The van der Waals surface area contributed by atoms with Crippen LogP contribution in [-0.2, 0) is 4.79 Å². The molecule has 1 aromatic heterocycles. The predicted molar refractivity (Wildman–Crippen MR) is 81.3 cm³/mol. The Bertz CT molecular complexity index is 561. The minimum Gasteiger partial charge on any atom is -0.324 e. The van der Waals surface area contributed by atoms with E-state index in [1.807, 2.05) is 48.7 Å². The summed E-state index contributed by atoms with van der Waals surface area (Å²) in [5.41, 5.74) is 6.95. The van der Waals surface area contributed by atoms with Gasteiger partial charge in [0, 0.05) is 16.1 Å². The molecule has 1 unspecified atom stereocenters. The Morgan fingerprint density at radius 1 is 1.32 bits per heavy atom. The van der Waals surface area contributed by atoms with Crippen LogP contribution in [0.5, 0.6) is 0 Å². The molecule has 2 aromatic rings. The molecule has 2 rings (SSSR count). The summed E-state index contributed by atoms with van der Waals surface area (Å²) in [5, 5.41) is 4.95. The van der Waals surface area contributed by atoms with Gasteiger partial charge < -0.3 is 11.1 Å². The predicted octanol–water partition coefficient (Wildman–Crippen LogP) is 3.48. The van der Waals surface area contributed by atoms with Crippen LogP contribution in [0, 0.1) is 0 Å². The highest BCUT2D eigenvalue weighted by molar-refractivity contribution is 7.13. The summed E-state index contributed by atoms with van der Waals surface area (Å²) in [7, 11) is 0. The Kier molecular flexibility index (Phi) is 4.02. The maximum absolute atomic E-state index is 12.2. The average Bonchev–Trinajstić information content (AvgIpc) is 2.93. The minimum atomic E-state index is -0.845. The molecule has 0 aliphatic rings. The van der Waals surface area contributed by atoms with E-state index in [0.717, 1.165) is 16.1 Å². The second-order valence-electron chi connectivity index (χ2n) is 4.75. The van der Waals surface area contributed by atoms with Crippen molar-refractivity contribution in [3.05, 3.63) is 41.8 Å². The van der Waals surface area contributed by atoms with Gasteiger partial charge in [-0.05, 0) is 30.9 Å². The van der Waals surface area contributed by atoms with Crippen molar-refractivity contribution in [3.8, 4) is 10.4 Å². The molecule has 1 aromatic carbocycles. The largest absolute Gasteiger partial charge is 0.324 e. The van der Waals surface area contributed by atoms with E-state index < -0.39 is 5.54 Å². The van der Waals surface area contributed by atoms with Crippen molar-refractivity contribution in [2.24, 2.45) is 5.73 Å². The number of carbonyl (C=O) groups is 1. The number of thiophene rings is 1. The van der Waals surface area contributed by atoms with E-state index >= 15 is 0 Å². The average molecular weight is 274 g/mol. The zero-order chi connectivity index (χ0) is 13.9. The Balaban J connectivity index is 2.29. The van der Waals surface area contributed by atoms with Crippen LogP contribution in [0.2, 0.25) is 0 Å². The molecule has 0 spiro atoms. The monoisotopic (exact) mass is 274 g/mol. The maximum Gasteiger partial charge on any atom is 0.244 e. The number of hydrogen-bond acceptors (Lipinski definition) is 3. The van der Waals surface area contributed by atoms with Crippen molar-refractivity contribution < 1.29 is 4.79 Å². The van der Waals surface area contributed by atoms with Crippen LogP contribution in [-0.4, -0.2) is 11.4 Å². The third kappa shape index (κ3) is 3.03. The Morgan fingerprint density at radius 2 is 2.05 bits per heavy atom. The molecular weight excluding hydrogens is 256 g/mol. The molecule has 0 bridgehead atoms. The van der Waals surface area contributed by atoms with Crippen molar-refractivity contribution in [1.29, 1.82) is 0 Å². The van der Waals surface area contributed by atoms with Crippen molar-refractivity contribution >= 4 is 22.9 Å². The van der Waals surface area contributed by atoms with Crippen molar-refractivity contribution in [2.45, 2.75) is 25.8 Å². The Labute approximate surface area is 117 Å². The Morgan fingerprint density at radius 3 is 2.68 bits per heavy atom. The van der Waals surface area contributed by atoms with Gasteiger partial charge in [-0.15, -0.1) is 11.3 Å². The van der Waals surface area contributed by atoms with Gasteiger partial charge in [0.05, 0.1) is 5.54 Å². The number of nitrogens with two attached hydrogens (primary N) is 1. The molecule has 4 heteroatoms. The van der Waals surface area contributed by atoms with Gasteiger partial charge >= 0.3 is 0 Å². The second-order valence-corrected chi connectivity index (χ2v) is 5.70. The summed E-state index contributed by atoms with van der Waals surface area (Å²) in [6.07, 6.45) is 0.597. The molecule has 0 radical (unpaired) electrons. The van der Waals surface area contributed by atoms with Crippen LogP contribution in [0.3, 0.4) is 0 Å². The highest BCUT2D eigenvalue weighted by atomic mass is 32.1. The molecule has 3 N–H and O–H groups in total. The number of benzene rings is 1. The zero-order valence-electron chi connectivity index (χ0n) is 11.1. The molecule has 1 atom stereocenters. The van der Waals surface area contributed by atoms with Gasteiger partial charge in [-0.2, -0.15) is 0 Å². The lowest BCUT2D eigenvalue weighted by Crippen LogP contribution is -2.47. The lowest BCUT2D eigenvalue weighted by Gasteiger charge is -2.22. The molecule has 0 aliphatic heterocycles. The fourth-order valence-electron chi connectivity index (χ4n) is 1.66. The van der Waals surface area contributed by atoms with Gasteiger partial charge in [-0.1, -0.05) is 31.2 Å². The third-order valence-corrected chi connectivity index (χ3v) is 4.12. The molecule has 1 amide bonds. The first-order valence-corrected chi connectivity index (χ1v) is 7.16. The summed E-state index contributed by atoms with van der Waals surface area (Å²) in [6.45, 7) is 3.65. The maximum atomic E-state index is 12.2. The van der Waals surface area contributed by atoms with E-state index in [1.54, 1.807) is 18.3 Å². The quantitative estimate of drug-likeness (QED) is 0.896. The summed E-state index contributed by atoms with van der Waals surface area (Å²) in [6, 6.07) is 11.8. The van der Waals surface area contributed by atoms with E-state index in [9.17, 15) is 4.79 Å². The van der Waals surface area contributed by atoms with Crippen LogP contribution >= 0.6 is 11.3 Å². The van der Waals surface area contributed by atoms with Gasteiger partial charge in [0.1, 0.15) is 0 Å². The van der Waals surface area contributed by atoms with Gasteiger partial charge in [-0.3, -0.25) is 4.79 Å². The van der Waals surface area contributed by atoms with Gasteiger partial charge in [0.25, 0.3) is 0 Å². The molecule has 19 heavy (non-hydrogen) atoms. The van der Waals surface area contributed by atoms with Crippen LogP contribution < -0.4 is 11.1 Å². The minimum absolute atomic E-state index is 0.154. The van der Waals surface area contributed by atoms with Crippen LogP contribution in [0.4, 0.5) is 5.69 Å². The molecule has 0 fully saturated rings. The van der Waals surface area contributed by atoms with Gasteiger partial charge in [-0.25, -0.2) is 0 Å². The van der Waals surface area contributed by atoms with Gasteiger partial charge in [0.15, 0.2) is 0 Å². The smallest absolute Gasteiger partial charge is 0.244 e. The standard InChI is InChI=1S/C15H18N2OS/c1-3-15(2,16)14(18)17-12-8-5-4-7-11(12)13-9-6-10-19-13/h4-10H,3,16H2,1-2H3,(H,17,18). The highest BCUT2D eigenvalue weighted by Gasteiger charge is 2.26. The van der Waals surface area contributed by atoms with Crippen LogP contribution in [0.1, 0.15) is 20.3 Å². The fourth-order valence-corrected chi connectivity index (χ4v) is 2.43. The topological polar surface area (TPSA) is 55.1 Å². The number of rotatable bonds is 4. The molecule has 100 valence electrons. The molecule has 0 aliphatic carbocycles. The molecule has 1 heterocycles. The first kappa shape index (κ1) is 13.8. The SMILES string of the molecule is CCC(C)(N)C(=O)Nc1ccccc1-c1cccs1. The zero-order valence-corrected chi connectivity index (χ0v) is 12.0. The number of hydrogen-bond donors (Lipinski definition) is 2. The van der Waals surface area contributed by atoms with Crippen LogP contribution in [0.25, 0.3) is 10.4 Å². The fraction of sp³-hybridized carbons (Fsp3) is 0.267. The third-order valence-electron chi connectivity index (χ3n) is 3.22. The van der Waals surface area contributed by atoms with Crippen molar-refractivity contribution in [1.82, 2.24) is 0 Å². The highest BCUT2D eigenvalue weighted by Crippen LogP contribution is 2.31. The number of nitrogens with one attached hydrogen (secondary N) is 1. The van der Waals surface area contributed by atoms with Crippen molar-refractivity contribution in [3.63, 3.8) is 0 Å². The Hall–Kier alpha value is -1.65. The van der Waals surface area contributed by atoms with E-state index in [1.165, 1.54) is 0 Å². The number of para-hydroxylation sites is 1. The lowest BCUT2D eigenvalue weighted by atomic mass is 9.99. The summed E-state index contributed by atoms with van der Waals surface area (Å²) >= 11 is 1.65. The summed E-state index contributed by atoms with van der Waals surface area (Å²) < 4.78 is 0. The lowest BCUT2D eigenvalue weighted by molar-refractivity contribution is -0.120. The molecule has 0 saturated carbocycles. The molecule has 0 saturated heterocycles. The second kappa shape index (κ2) is 5.55. The van der Waals surface area contributed by atoms with E-state index in [-0.39, 0.29) is 5.91 Å². The summed E-state index contributed by atoms with van der Waals surface area (Å²) in [5.74, 6) is -0.154. The van der Waals surface area contributed by atoms with Crippen molar-refractivity contribution in [2.75, 3.05) is 5.32 Å². The first-order valence-electron chi connectivity index (χ1n) is 6.28. The van der Waals surface area contributed by atoms with Gasteiger partial charge in [0.2, 0.25) is 5.91 Å². The normalized spacial score (nSPS) is 13.8. The van der Waals surface area contributed by atoms with E-state index in [4.69, 9.17) is 5.73 Å². The number of carbonyl (C=O) groups excluding carboxylic acids is 1. The molecule has 3 nitrogen and oxygen atoms in total. The first-order chi connectivity index (χ1) is 9.04. The van der Waals surface area contributed by atoms with E-state index in [2.05, 4.69) is 5.32 Å². The number of anilines is 1.